The van der Waals surface area contributed by atoms with Crippen LogP contribution in [0.15, 0.2) is 0 Å². The average Bonchev–Trinajstić information content (AvgIpc) is 2.12. The number of alkyl halides is 2. The molecule has 0 aromatic carbocycles. The van der Waals surface area contributed by atoms with Gasteiger partial charge in [-0.05, 0) is 0 Å². The Bertz CT molecular complexity index is 118. The highest BCUT2D eigenvalue weighted by atomic mass is 32.1. The predicted molar refractivity (Wildman–Crippen MR) is 39.9 cm³/mol. The van der Waals surface area contributed by atoms with Crippen molar-refractivity contribution in [3.8, 4) is 0 Å². The summed E-state index contributed by atoms with van der Waals surface area (Å²) in [6, 6.07) is 0. The van der Waals surface area contributed by atoms with Crippen molar-refractivity contribution in [2.24, 2.45) is 0 Å². The lowest BCUT2D eigenvalue weighted by Gasteiger charge is -2.12. The van der Waals surface area contributed by atoms with Gasteiger partial charge >= 0.3 is 0 Å². The zero-order valence-electron chi connectivity index (χ0n) is 5.69. The maximum absolute atomic E-state index is 12.5. The number of rotatable bonds is 2. The highest BCUT2D eigenvalue weighted by molar-refractivity contribution is 7.80. The Labute approximate surface area is 64.8 Å². The van der Waals surface area contributed by atoms with Crippen LogP contribution in [0.25, 0.3) is 0 Å². The van der Waals surface area contributed by atoms with Gasteiger partial charge in [0.25, 0.3) is 5.92 Å². The van der Waals surface area contributed by atoms with E-state index in [1.165, 1.54) is 0 Å². The number of thiol groups is 1. The minimum Gasteiger partial charge on any atom is -0.296 e. The third kappa shape index (κ3) is 2.09. The molecule has 1 fully saturated rings. The van der Waals surface area contributed by atoms with E-state index in [0.29, 0.717) is 18.8 Å². The third-order valence-corrected chi connectivity index (χ3v) is 1.86. The molecular formula is C6H11F2NS. The molecule has 0 saturated carbocycles. The molecule has 0 spiro atoms. The Kier molecular flexibility index (Phi) is 2.52. The lowest BCUT2D eigenvalue weighted by atomic mass is 10.3. The summed E-state index contributed by atoms with van der Waals surface area (Å²) < 4.78 is 24.9. The van der Waals surface area contributed by atoms with Crippen LogP contribution in [0, 0.1) is 0 Å². The molecule has 0 amide bonds. The van der Waals surface area contributed by atoms with Gasteiger partial charge in [-0.2, -0.15) is 12.6 Å². The molecule has 0 aromatic rings. The molecule has 0 atom stereocenters. The first-order chi connectivity index (χ1) is 4.64. The van der Waals surface area contributed by atoms with Gasteiger partial charge < -0.3 is 0 Å². The lowest BCUT2D eigenvalue weighted by Crippen LogP contribution is -2.26. The Morgan fingerprint density at radius 3 is 2.60 bits per heavy atom. The van der Waals surface area contributed by atoms with Crippen LogP contribution in [0.3, 0.4) is 0 Å². The Morgan fingerprint density at radius 2 is 2.20 bits per heavy atom. The van der Waals surface area contributed by atoms with Gasteiger partial charge in [0.15, 0.2) is 0 Å². The molecule has 0 bridgehead atoms. The second-order valence-corrected chi connectivity index (χ2v) is 3.05. The van der Waals surface area contributed by atoms with E-state index in [2.05, 4.69) is 12.6 Å². The molecule has 1 aliphatic heterocycles. The van der Waals surface area contributed by atoms with Crippen molar-refractivity contribution in [3.05, 3.63) is 0 Å². The zero-order chi connectivity index (χ0) is 7.61. The normalized spacial score (nSPS) is 25.5. The largest absolute Gasteiger partial charge is 0.296 e. The summed E-state index contributed by atoms with van der Waals surface area (Å²) in [5.74, 6) is -1.78. The van der Waals surface area contributed by atoms with Crippen LogP contribution >= 0.6 is 12.6 Å². The Balaban J connectivity index is 2.29. The van der Waals surface area contributed by atoms with E-state index in [-0.39, 0.29) is 13.0 Å². The van der Waals surface area contributed by atoms with Crippen molar-refractivity contribution < 1.29 is 8.78 Å². The fourth-order valence-corrected chi connectivity index (χ4v) is 1.42. The topological polar surface area (TPSA) is 3.24 Å². The molecule has 1 heterocycles. The maximum atomic E-state index is 12.5. The highest BCUT2D eigenvalue weighted by Gasteiger charge is 2.37. The molecule has 4 heteroatoms. The van der Waals surface area contributed by atoms with Crippen LogP contribution in [0.1, 0.15) is 6.42 Å². The molecule has 1 saturated heterocycles. The summed E-state index contributed by atoms with van der Waals surface area (Å²) in [6.45, 7) is 1.12. The third-order valence-electron chi connectivity index (χ3n) is 1.66. The Hall–Kier alpha value is 0.170. The van der Waals surface area contributed by atoms with Gasteiger partial charge in [-0.1, -0.05) is 0 Å². The fourth-order valence-electron chi connectivity index (χ4n) is 1.14. The summed E-state index contributed by atoms with van der Waals surface area (Å²) in [7, 11) is 0. The molecule has 1 aliphatic rings. The molecule has 0 aromatic heterocycles. The molecular weight excluding hydrogens is 156 g/mol. The first-order valence-corrected chi connectivity index (χ1v) is 3.98. The van der Waals surface area contributed by atoms with E-state index in [1.54, 1.807) is 4.90 Å². The second-order valence-electron chi connectivity index (χ2n) is 2.61. The van der Waals surface area contributed by atoms with Gasteiger partial charge in [0.05, 0.1) is 6.54 Å². The minimum atomic E-state index is -2.44. The second kappa shape index (κ2) is 3.05. The van der Waals surface area contributed by atoms with Crippen molar-refractivity contribution >= 4 is 12.6 Å². The summed E-state index contributed by atoms with van der Waals surface area (Å²) >= 11 is 3.97. The Morgan fingerprint density at radius 1 is 1.50 bits per heavy atom. The molecule has 0 aliphatic carbocycles. The van der Waals surface area contributed by atoms with Gasteiger partial charge in [-0.15, -0.1) is 0 Å². The maximum Gasteiger partial charge on any atom is 0.261 e. The SMILES string of the molecule is FC1(F)CCN(CCS)C1. The number of hydrogen-bond donors (Lipinski definition) is 1. The molecule has 1 rings (SSSR count). The van der Waals surface area contributed by atoms with E-state index in [1.807, 2.05) is 0 Å². The van der Waals surface area contributed by atoms with Crippen molar-refractivity contribution in [2.45, 2.75) is 12.3 Å². The summed E-state index contributed by atoms with van der Waals surface area (Å²) in [6.07, 6.45) is 0.0147. The molecule has 0 radical (unpaired) electrons. The molecule has 1 nitrogen and oxygen atoms in total. The number of hydrogen-bond acceptors (Lipinski definition) is 2. The number of halogens is 2. The van der Waals surface area contributed by atoms with Crippen molar-refractivity contribution in [1.29, 1.82) is 0 Å². The lowest BCUT2D eigenvalue weighted by molar-refractivity contribution is 0.0128. The number of likely N-dealkylation sites (tertiary alicyclic amines) is 1. The van der Waals surface area contributed by atoms with Crippen molar-refractivity contribution in [1.82, 2.24) is 4.90 Å². The van der Waals surface area contributed by atoms with Gasteiger partial charge in [0.2, 0.25) is 0 Å². The van der Waals surface area contributed by atoms with E-state index in [4.69, 9.17) is 0 Å². The van der Waals surface area contributed by atoms with Crippen LogP contribution < -0.4 is 0 Å². The molecule has 0 unspecified atom stereocenters. The van der Waals surface area contributed by atoms with Crippen LogP contribution in [0.5, 0.6) is 0 Å². The predicted octanol–water partition coefficient (Wildman–Crippen LogP) is 1.26. The average molecular weight is 167 g/mol. The number of nitrogens with zero attached hydrogens (tertiary/aromatic N) is 1. The van der Waals surface area contributed by atoms with Gasteiger partial charge in [-0.25, -0.2) is 8.78 Å². The molecule has 10 heavy (non-hydrogen) atoms. The van der Waals surface area contributed by atoms with Crippen LogP contribution in [-0.4, -0.2) is 36.2 Å². The standard InChI is InChI=1S/C6H11F2NS/c7-6(8)1-2-9(5-6)3-4-10/h10H,1-5H2. The first kappa shape index (κ1) is 8.27. The van der Waals surface area contributed by atoms with Crippen LogP contribution in [-0.2, 0) is 0 Å². The van der Waals surface area contributed by atoms with Crippen LogP contribution in [0.4, 0.5) is 8.78 Å². The highest BCUT2D eigenvalue weighted by Crippen LogP contribution is 2.26. The smallest absolute Gasteiger partial charge is 0.261 e. The first-order valence-electron chi connectivity index (χ1n) is 3.35. The van der Waals surface area contributed by atoms with Crippen molar-refractivity contribution in [3.63, 3.8) is 0 Å². The van der Waals surface area contributed by atoms with Crippen molar-refractivity contribution in [2.75, 3.05) is 25.4 Å². The van der Waals surface area contributed by atoms with E-state index in [9.17, 15) is 8.78 Å². The van der Waals surface area contributed by atoms with Gasteiger partial charge in [-0.3, -0.25) is 4.90 Å². The summed E-state index contributed by atoms with van der Waals surface area (Å²) in [4.78, 5) is 1.74. The summed E-state index contributed by atoms with van der Waals surface area (Å²) in [5, 5.41) is 0. The minimum absolute atomic E-state index is 0.0147. The quantitative estimate of drug-likeness (QED) is 0.606. The monoisotopic (exact) mass is 167 g/mol. The van der Waals surface area contributed by atoms with Gasteiger partial charge in [0.1, 0.15) is 0 Å². The van der Waals surface area contributed by atoms with E-state index >= 15 is 0 Å². The molecule has 60 valence electrons. The zero-order valence-corrected chi connectivity index (χ0v) is 6.58. The van der Waals surface area contributed by atoms with Crippen LogP contribution in [0.2, 0.25) is 0 Å². The molecule has 0 N–H and O–H groups in total. The van der Waals surface area contributed by atoms with E-state index in [0.717, 1.165) is 0 Å². The fraction of sp³-hybridized carbons (Fsp3) is 1.00. The summed E-state index contributed by atoms with van der Waals surface area (Å²) in [5.41, 5.74) is 0. The van der Waals surface area contributed by atoms with E-state index < -0.39 is 5.92 Å². The van der Waals surface area contributed by atoms with Gasteiger partial charge in [0, 0.05) is 25.3 Å².